The molecular formula is C35H53N3O4. The molecule has 0 heterocycles. The monoisotopic (exact) mass is 579 g/mol. The van der Waals surface area contributed by atoms with E-state index in [1.165, 1.54) is 0 Å². The first kappa shape index (κ1) is 34.8. The summed E-state index contributed by atoms with van der Waals surface area (Å²) in [5.74, 6) is -0.437. The average Bonchev–Trinajstić information content (AvgIpc) is 2.88. The van der Waals surface area contributed by atoms with Crippen molar-refractivity contribution in [2.45, 2.75) is 119 Å². The zero-order valence-corrected chi connectivity index (χ0v) is 27.3. The molecule has 7 nitrogen and oxygen atoms in total. The van der Waals surface area contributed by atoms with Gasteiger partial charge in [0.05, 0.1) is 0 Å². The van der Waals surface area contributed by atoms with E-state index in [4.69, 9.17) is 4.74 Å². The van der Waals surface area contributed by atoms with Crippen LogP contribution in [0.2, 0.25) is 0 Å². The molecule has 3 amide bonds. The molecule has 0 aliphatic heterocycles. The van der Waals surface area contributed by atoms with Crippen molar-refractivity contribution in [2.24, 2.45) is 5.92 Å². The van der Waals surface area contributed by atoms with E-state index in [9.17, 15) is 14.4 Å². The fraction of sp³-hybridized carbons (Fsp3) is 0.571. The van der Waals surface area contributed by atoms with Crippen molar-refractivity contribution in [1.29, 1.82) is 0 Å². The minimum Gasteiger partial charge on any atom is -0.444 e. The Morgan fingerprint density at radius 2 is 1.48 bits per heavy atom. The van der Waals surface area contributed by atoms with Crippen molar-refractivity contribution in [3.05, 3.63) is 64.7 Å². The molecule has 0 fully saturated rings. The van der Waals surface area contributed by atoms with E-state index in [1.54, 1.807) is 25.7 Å². The quantitative estimate of drug-likeness (QED) is 0.222. The van der Waals surface area contributed by atoms with E-state index in [1.807, 2.05) is 77.1 Å². The molecule has 232 valence electrons. The van der Waals surface area contributed by atoms with Crippen LogP contribution in [0.25, 0.3) is 0 Å². The van der Waals surface area contributed by atoms with Crippen LogP contribution in [0.15, 0.2) is 42.5 Å². The molecule has 2 atom stereocenters. The van der Waals surface area contributed by atoms with Gasteiger partial charge in [0.1, 0.15) is 17.7 Å². The molecule has 0 saturated carbocycles. The lowest BCUT2D eigenvalue weighted by Gasteiger charge is -2.35. The topological polar surface area (TPSA) is 87.7 Å². The van der Waals surface area contributed by atoms with Gasteiger partial charge in [-0.15, -0.1) is 0 Å². The van der Waals surface area contributed by atoms with Crippen LogP contribution in [-0.4, -0.2) is 41.0 Å². The smallest absolute Gasteiger partial charge is 0.408 e. The summed E-state index contributed by atoms with van der Waals surface area (Å²) in [7, 11) is 0. The van der Waals surface area contributed by atoms with Crippen LogP contribution in [0, 0.1) is 26.7 Å². The van der Waals surface area contributed by atoms with Crippen LogP contribution in [0.5, 0.6) is 0 Å². The Morgan fingerprint density at radius 1 is 0.881 bits per heavy atom. The highest BCUT2D eigenvalue weighted by Crippen LogP contribution is 2.28. The zero-order valence-electron chi connectivity index (χ0n) is 27.3. The highest BCUT2D eigenvalue weighted by Gasteiger charge is 2.36. The Bertz CT molecular complexity index is 1150. The van der Waals surface area contributed by atoms with Crippen molar-refractivity contribution in [3.63, 3.8) is 0 Å². The number of ether oxygens (including phenoxy) is 1. The number of anilines is 1. The normalized spacial score (nSPS) is 12.9. The molecule has 2 N–H and O–H groups in total. The lowest BCUT2D eigenvalue weighted by Crippen LogP contribution is -2.53. The molecular weight excluding hydrogens is 526 g/mol. The van der Waals surface area contributed by atoms with E-state index in [0.717, 1.165) is 60.0 Å². The summed E-state index contributed by atoms with van der Waals surface area (Å²) in [6.45, 7) is 17.9. The Morgan fingerprint density at radius 3 is 2.02 bits per heavy atom. The van der Waals surface area contributed by atoms with Gasteiger partial charge in [0, 0.05) is 12.2 Å². The summed E-state index contributed by atoms with van der Waals surface area (Å²) in [5.41, 5.74) is 3.74. The summed E-state index contributed by atoms with van der Waals surface area (Å²) in [5, 5.41) is 5.98. The maximum Gasteiger partial charge on any atom is 0.408 e. The number of amides is 3. The number of nitrogens with zero attached hydrogens (tertiary/aromatic N) is 1. The number of aryl methyl sites for hydroxylation is 3. The third-order valence-electron chi connectivity index (χ3n) is 7.16. The second-order valence-electron chi connectivity index (χ2n) is 12.8. The molecule has 0 aliphatic carbocycles. The van der Waals surface area contributed by atoms with Gasteiger partial charge in [-0.3, -0.25) is 9.59 Å². The third kappa shape index (κ3) is 11.1. The van der Waals surface area contributed by atoms with E-state index in [2.05, 4.69) is 17.6 Å². The summed E-state index contributed by atoms with van der Waals surface area (Å²) in [6, 6.07) is 11.9. The first-order valence-electron chi connectivity index (χ1n) is 15.5. The van der Waals surface area contributed by atoms with Crippen molar-refractivity contribution in [2.75, 3.05) is 11.9 Å². The number of carbonyl (C=O) groups excluding carboxylic acids is 3. The lowest BCUT2D eigenvalue weighted by molar-refractivity contribution is -0.141. The highest BCUT2D eigenvalue weighted by molar-refractivity contribution is 5.99. The molecule has 0 saturated heterocycles. The number of alkyl carbamates (subject to hydrolysis) is 1. The molecule has 2 unspecified atom stereocenters. The van der Waals surface area contributed by atoms with Crippen LogP contribution in [0.1, 0.15) is 108 Å². The predicted molar refractivity (Wildman–Crippen MR) is 172 cm³/mol. The largest absolute Gasteiger partial charge is 0.444 e. The maximum atomic E-state index is 14.4. The van der Waals surface area contributed by atoms with Crippen LogP contribution in [0.4, 0.5) is 10.5 Å². The molecule has 42 heavy (non-hydrogen) atoms. The lowest BCUT2D eigenvalue weighted by atomic mass is 9.97. The Balaban J connectivity index is 2.56. The summed E-state index contributed by atoms with van der Waals surface area (Å²) >= 11 is 0. The van der Waals surface area contributed by atoms with Crippen molar-refractivity contribution >= 4 is 23.6 Å². The van der Waals surface area contributed by atoms with Crippen LogP contribution >= 0.6 is 0 Å². The van der Waals surface area contributed by atoms with Gasteiger partial charge >= 0.3 is 6.09 Å². The average molecular weight is 580 g/mol. The van der Waals surface area contributed by atoms with Crippen LogP contribution in [0.3, 0.4) is 0 Å². The first-order valence-corrected chi connectivity index (χ1v) is 15.5. The SMILES string of the molecule is CCCCCCCN(C(=O)C(CC(C)C)NC(=O)OC(C)(C)C)C(C(=O)Nc1c(C)cccc1C)c1ccc(C)cc1. The fourth-order valence-corrected chi connectivity index (χ4v) is 5.02. The van der Waals surface area contributed by atoms with Gasteiger partial charge in [0.15, 0.2) is 0 Å². The number of hydrogen-bond acceptors (Lipinski definition) is 4. The highest BCUT2D eigenvalue weighted by atomic mass is 16.6. The number of hydrogen-bond donors (Lipinski definition) is 2. The number of unbranched alkanes of at least 4 members (excludes halogenated alkanes) is 4. The Hall–Kier alpha value is -3.35. The number of carbonyl (C=O) groups is 3. The van der Waals surface area contributed by atoms with Gasteiger partial charge in [0.2, 0.25) is 5.91 Å². The molecule has 0 bridgehead atoms. The van der Waals surface area contributed by atoms with Gasteiger partial charge in [-0.2, -0.15) is 0 Å². The van der Waals surface area contributed by atoms with E-state index < -0.39 is 23.8 Å². The molecule has 0 spiro atoms. The zero-order chi connectivity index (χ0) is 31.4. The summed E-state index contributed by atoms with van der Waals surface area (Å²) in [6.07, 6.45) is 4.78. The predicted octanol–water partition coefficient (Wildman–Crippen LogP) is 8.03. The number of rotatable bonds is 14. The summed E-state index contributed by atoms with van der Waals surface area (Å²) in [4.78, 5) is 43.2. The molecule has 2 aromatic rings. The maximum absolute atomic E-state index is 14.4. The van der Waals surface area contributed by atoms with Crippen molar-refractivity contribution < 1.29 is 19.1 Å². The third-order valence-corrected chi connectivity index (χ3v) is 7.16. The van der Waals surface area contributed by atoms with E-state index in [0.29, 0.717) is 13.0 Å². The number of para-hydroxylation sites is 1. The molecule has 2 aromatic carbocycles. The number of benzene rings is 2. The molecule has 0 radical (unpaired) electrons. The standard InChI is InChI=1S/C35H53N3O4/c1-10-11-12-13-14-22-38(33(40)29(23-24(2)3)36-34(41)42-35(7,8)9)31(28-20-18-25(4)19-21-28)32(39)37-30-26(5)16-15-17-27(30)6/h15-21,24,29,31H,10-14,22-23H2,1-9H3,(H,36,41)(H,37,39). The second kappa shape index (κ2) is 16.3. The van der Waals surface area contributed by atoms with Crippen LogP contribution in [-0.2, 0) is 14.3 Å². The summed E-state index contributed by atoms with van der Waals surface area (Å²) < 4.78 is 5.52. The second-order valence-corrected chi connectivity index (χ2v) is 12.8. The number of nitrogens with one attached hydrogen (secondary N) is 2. The Kier molecular flexibility index (Phi) is 13.5. The molecule has 0 aliphatic rings. The van der Waals surface area contributed by atoms with Crippen molar-refractivity contribution in [3.8, 4) is 0 Å². The van der Waals surface area contributed by atoms with Crippen molar-refractivity contribution in [1.82, 2.24) is 10.2 Å². The van der Waals surface area contributed by atoms with Crippen LogP contribution < -0.4 is 10.6 Å². The van der Waals surface area contributed by atoms with E-state index >= 15 is 0 Å². The molecule has 2 rings (SSSR count). The molecule has 0 aromatic heterocycles. The van der Waals surface area contributed by atoms with Gasteiger partial charge in [-0.25, -0.2) is 4.79 Å². The van der Waals surface area contributed by atoms with Gasteiger partial charge in [0.25, 0.3) is 5.91 Å². The minimum atomic E-state index is -0.876. The minimum absolute atomic E-state index is 0.126. The first-order chi connectivity index (χ1) is 19.7. The van der Waals surface area contributed by atoms with Gasteiger partial charge < -0.3 is 20.3 Å². The van der Waals surface area contributed by atoms with Gasteiger partial charge in [-0.05, 0) is 77.0 Å². The van der Waals surface area contributed by atoms with Gasteiger partial charge in [-0.1, -0.05) is 94.5 Å². The molecule has 7 heteroatoms. The van der Waals surface area contributed by atoms with E-state index in [-0.39, 0.29) is 17.7 Å². The Labute approximate surface area is 253 Å². The fourth-order valence-electron chi connectivity index (χ4n) is 5.02.